The fourth-order valence-electron chi connectivity index (χ4n) is 4.12. The third-order valence-electron chi connectivity index (χ3n) is 5.76. The molecule has 0 atom stereocenters. The van der Waals surface area contributed by atoms with E-state index in [1.54, 1.807) is 19.4 Å². The molecule has 0 radical (unpaired) electrons. The van der Waals surface area contributed by atoms with Gasteiger partial charge in [0.05, 0.1) is 19.8 Å². The van der Waals surface area contributed by atoms with E-state index in [0.717, 1.165) is 6.42 Å². The van der Waals surface area contributed by atoms with Gasteiger partial charge in [-0.25, -0.2) is 0 Å². The summed E-state index contributed by atoms with van der Waals surface area (Å²) in [7, 11) is 3.30. The van der Waals surface area contributed by atoms with Gasteiger partial charge in [0.25, 0.3) is 0 Å². The van der Waals surface area contributed by atoms with Crippen molar-refractivity contribution >= 4 is 12.4 Å². The molecule has 0 aliphatic carbocycles. The van der Waals surface area contributed by atoms with Crippen LogP contribution in [0.15, 0.2) is 24.3 Å². The van der Waals surface area contributed by atoms with Crippen LogP contribution in [0.2, 0.25) is 0 Å². The summed E-state index contributed by atoms with van der Waals surface area (Å²) in [5.41, 5.74) is 2.36. The standard InChI is InChI=1S/C25H45NO2.ClH/c1-6-7-8-9-10-11-12-13-14-15-16-17-20-23-21-18-19-22-24(23)25(2,3)26(27-4)28-5;/h18-19,21-22H,6-17,20H2,1-5H3;1H. The van der Waals surface area contributed by atoms with Crippen molar-refractivity contribution < 1.29 is 9.68 Å². The highest BCUT2D eigenvalue weighted by molar-refractivity contribution is 5.85. The van der Waals surface area contributed by atoms with E-state index in [1.165, 1.54) is 88.2 Å². The Bertz CT molecular complexity index is 503. The van der Waals surface area contributed by atoms with Crippen molar-refractivity contribution in [2.45, 2.75) is 110 Å². The minimum atomic E-state index is -0.322. The third kappa shape index (κ3) is 10.8. The van der Waals surface area contributed by atoms with Crippen molar-refractivity contribution in [1.82, 2.24) is 5.23 Å². The number of rotatable bonds is 17. The number of benzene rings is 1. The van der Waals surface area contributed by atoms with Gasteiger partial charge in [-0.3, -0.25) is 9.68 Å². The molecule has 0 heterocycles. The zero-order valence-corrected chi connectivity index (χ0v) is 20.5. The first kappa shape index (κ1) is 28.4. The molecule has 0 aliphatic heterocycles. The summed E-state index contributed by atoms with van der Waals surface area (Å²) >= 11 is 0. The van der Waals surface area contributed by atoms with Gasteiger partial charge in [-0.1, -0.05) is 107 Å². The summed E-state index contributed by atoms with van der Waals surface area (Å²) in [5.74, 6) is 0. The molecule has 3 nitrogen and oxygen atoms in total. The molecule has 1 aromatic carbocycles. The van der Waals surface area contributed by atoms with Gasteiger partial charge >= 0.3 is 0 Å². The Kier molecular flexibility index (Phi) is 16.7. The molecule has 0 unspecified atom stereocenters. The molecular weight excluding hydrogens is 382 g/mol. The van der Waals surface area contributed by atoms with E-state index in [2.05, 4.69) is 45.0 Å². The molecule has 0 saturated heterocycles. The summed E-state index contributed by atoms with van der Waals surface area (Å²) < 4.78 is 0. The SMILES string of the molecule is CCCCCCCCCCCCCCc1ccccc1C(C)(C)N(OC)OC.Cl. The fourth-order valence-corrected chi connectivity index (χ4v) is 4.12. The number of aryl methyl sites for hydroxylation is 1. The molecule has 0 N–H and O–H groups in total. The molecule has 1 rings (SSSR count). The molecule has 0 amide bonds. The predicted octanol–water partition coefficient (Wildman–Crippen LogP) is 8.01. The maximum Gasteiger partial charge on any atom is 0.0931 e. The monoisotopic (exact) mass is 427 g/mol. The molecule has 0 saturated carbocycles. The number of halogens is 1. The Labute approximate surface area is 186 Å². The van der Waals surface area contributed by atoms with Gasteiger partial charge in [0, 0.05) is 0 Å². The Hall–Kier alpha value is -0.610. The van der Waals surface area contributed by atoms with Crippen molar-refractivity contribution in [1.29, 1.82) is 0 Å². The van der Waals surface area contributed by atoms with Crippen LogP contribution in [0.3, 0.4) is 0 Å². The van der Waals surface area contributed by atoms with Gasteiger partial charge in [0.15, 0.2) is 0 Å². The largest absolute Gasteiger partial charge is 0.277 e. The van der Waals surface area contributed by atoms with Crippen LogP contribution >= 0.6 is 12.4 Å². The van der Waals surface area contributed by atoms with Gasteiger partial charge in [0.1, 0.15) is 0 Å². The maximum atomic E-state index is 5.40. The van der Waals surface area contributed by atoms with Crippen LogP contribution in [-0.2, 0) is 21.6 Å². The van der Waals surface area contributed by atoms with Crippen molar-refractivity contribution in [3.8, 4) is 0 Å². The second kappa shape index (κ2) is 17.1. The highest BCUT2D eigenvalue weighted by Gasteiger charge is 2.31. The molecule has 1 aromatic rings. The van der Waals surface area contributed by atoms with Gasteiger partial charge < -0.3 is 0 Å². The topological polar surface area (TPSA) is 21.7 Å². The quantitative estimate of drug-likeness (QED) is 0.185. The van der Waals surface area contributed by atoms with Gasteiger partial charge in [-0.15, -0.1) is 12.4 Å². The Morgan fingerprint density at radius 1 is 0.724 bits per heavy atom. The summed E-state index contributed by atoms with van der Waals surface area (Å²) in [6, 6.07) is 8.69. The lowest BCUT2D eigenvalue weighted by Gasteiger charge is -2.35. The Morgan fingerprint density at radius 3 is 1.66 bits per heavy atom. The van der Waals surface area contributed by atoms with Crippen molar-refractivity contribution in [3.63, 3.8) is 0 Å². The predicted molar refractivity (Wildman–Crippen MR) is 127 cm³/mol. The van der Waals surface area contributed by atoms with Crippen molar-refractivity contribution in [3.05, 3.63) is 35.4 Å². The highest BCUT2D eigenvalue weighted by atomic mass is 35.5. The lowest BCUT2D eigenvalue weighted by molar-refractivity contribution is -0.390. The summed E-state index contributed by atoms with van der Waals surface area (Å²) in [6.07, 6.45) is 17.8. The van der Waals surface area contributed by atoms with E-state index in [4.69, 9.17) is 9.68 Å². The zero-order chi connectivity index (χ0) is 20.7. The lowest BCUT2D eigenvalue weighted by atomic mass is 9.88. The van der Waals surface area contributed by atoms with E-state index in [0.29, 0.717) is 0 Å². The van der Waals surface area contributed by atoms with Crippen LogP contribution in [0.4, 0.5) is 0 Å². The van der Waals surface area contributed by atoms with Gasteiger partial charge in [-0.2, -0.15) is 0 Å². The van der Waals surface area contributed by atoms with E-state index < -0.39 is 0 Å². The third-order valence-corrected chi connectivity index (χ3v) is 5.76. The average Bonchev–Trinajstić information content (AvgIpc) is 2.70. The molecule has 0 bridgehead atoms. The molecular formula is C25H46ClNO2. The Morgan fingerprint density at radius 2 is 1.17 bits per heavy atom. The van der Waals surface area contributed by atoms with E-state index in [1.807, 2.05) is 0 Å². The second-order valence-electron chi connectivity index (χ2n) is 8.48. The Balaban J connectivity index is 0.00000784. The van der Waals surface area contributed by atoms with Crippen LogP contribution < -0.4 is 0 Å². The minimum absolute atomic E-state index is 0. The van der Waals surface area contributed by atoms with Crippen LogP contribution in [0.1, 0.15) is 109 Å². The normalized spacial score (nSPS) is 11.7. The van der Waals surface area contributed by atoms with E-state index in [-0.39, 0.29) is 17.9 Å². The highest BCUT2D eigenvalue weighted by Crippen LogP contribution is 2.31. The zero-order valence-electron chi connectivity index (χ0n) is 19.7. The van der Waals surface area contributed by atoms with Crippen LogP contribution in [0.25, 0.3) is 0 Å². The van der Waals surface area contributed by atoms with Crippen molar-refractivity contribution in [2.24, 2.45) is 0 Å². The van der Waals surface area contributed by atoms with E-state index in [9.17, 15) is 0 Å². The molecule has 29 heavy (non-hydrogen) atoms. The molecule has 4 heteroatoms. The second-order valence-corrected chi connectivity index (χ2v) is 8.48. The summed E-state index contributed by atoms with van der Waals surface area (Å²) in [4.78, 5) is 10.8. The van der Waals surface area contributed by atoms with Crippen molar-refractivity contribution in [2.75, 3.05) is 14.2 Å². The lowest BCUT2D eigenvalue weighted by Crippen LogP contribution is -2.40. The molecule has 0 aliphatic rings. The maximum absolute atomic E-state index is 5.40. The fraction of sp³-hybridized carbons (Fsp3) is 0.760. The number of hydroxylamine groups is 2. The number of hydrogen-bond donors (Lipinski definition) is 0. The molecule has 0 aromatic heterocycles. The number of nitrogens with zero attached hydrogens (tertiary/aromatic N) is 1. The number of hydrogen-bond acceptors (Lipinski definition) is 3. The van der Waals surface area contributed by atoms with Crippen LogP contribution in [-0.4, -0.2) is 19.4 Å². The first-order valence-corrected chi connectivity index (χ1v) is 11.5. The van der Waals surface area contributed by atoms with Gasteiger partial charge in [0.2, 0.25) is 0 Å². The average molecular weight is 428 g/mol. The molecule has 170 valence electrons. The first-order valence-electron chi connectivity index (χ1n) is 11.5. The van der Waals surface area contributed by atoms with Crippen LogP contribution in [0.5, 0.6) is 0 Å². The summed E-state index contributed by atoms with van der Waals surface area (Å²) in [5, 5.41) is 1.58. The smallest absolute Gasteiger partial charge is 0.0931 e. The molecule has 0 spiro atoms. The first-order chi connectivity index (χ1) is 13.6. The van der Waals surface area contributed by atoms with Crippen LogP contribution in [0, 0.1) is 0 Å². The van der Waals surface area contributed by atoms with E-state index >= 15 is 0 Å². The molecule has 0 fully saturated rings. The summed E-state index contributed by atoms with van der Waals surface area (Å²) in [6.45, 7) is 6.57. The van der Waals surface area contributed by atoms with Gasteiger partial charge in [-0.05, 0) is 37.8 Å². The number of unbranched alkanes of at least 4 members (excludes halogenated alkanes) is 11. The minimum Gasteiger partial charge on any atom is -0.277 e.